The molecule has 0 aliphatic heterocycles. The van der Waals surface area contributed by atoms with E-state index in [1.165, 1.54) is 7.11 Å². The fourth-order valence-electron chi connectivity index (χ4n) is 0.365. The maximum atomic E-state index is 10.5. The van der Waals surface area contributed by atoms with Crippen LogP contribution in [0.15, 0.2) is 0 Å². The quantitative estimate of drug-likeness (QED) is 0.299. The highest BCUT2D eigenvalue weighted by atomic mass is 32.2. The Labute approximate surface area is 71.8 Å². The highest BCUT2D eigenvalue weighted by Crippen LogP contribution is 1.73. The Morgan fingerprint density at radius 3 is 2.83 bits per heavy atom. The van der Waals surface area contributed by atoms with E-state index >= 15 is 0 Å². The highest BCUT2D eigenvalue weighted by molar-refractivity contribution is 7.76. The van der Waals surface area contributed by atoms with Crippen LogP contribution in [-0.4, -0.2) is 35.1 Å². The van der Waals surface area contributed by atoms with Crippen LogP contribution in [0, 0.1) is 0 Å². The molecule has 7 nitrogen and oxygen atoms in total. The lowest BCUT2D eigenvalue weighted by Crippen LogP contribution is -2.32. The smallest absolute Gasteiger partial charge is 0.383 e. The van der Waals surface area contributed by atoms with Gasteiger partial charge in [-0.25, -0.2) is 9.00 Å². The lowest BCUT2D eigenvalue weighted by molar-refractivity contribution is 0.119. The molecule has 0 heterocycles. The van der Waals surface area contributed by atoms with Gasteiger partial charge in [0.05, 0.1) is 6.61 Å². The molecule has 0 aliphatic rings. The number of hydrogen-bond acceptors (Lipinski definition) is 4. The third-order valence-electron chi connectivity index (χ3n) is 0.781. The fraction of sp³-hybridized carbons (Fsp3) is 0.750. The summed E-state index contributed by atoms with van der Waals surface area (Å²) in [5.74, 6) is 0. The summed E-state index contributed by atoms with van der Waals surface area (Å²) in [6.07, 6.45) is -0.838. The molecule has 3 N–H and O–H groups in total. The molecule has 0 fully saturated rings. The minimum atomic E-state index is -2.36. The molecule has 72 valence electrons. The SMILES string of the molecule is COCCNC(=O)ONS(=O)O. The second kappa shape index (κ2) is 6.98. The van der Waals surface area contributed by atoms with Crippen molar-refractivity contribution in [2.24, 2.45) is 0 Å². The zero-order valence-corrected chi connectivity index (χ0v) is 7.22. The molecule has 1 unspecified atom stereocenters. The molecule has 0 aromatic heterocycles. The van der Waals surface area contributed by atoms with E-state index in [0.717, 1.165) is 0 Å². The van der Waals surface area contributed by atoms with Gasteiger partial charge in [-0.1, -0.05) is 0 Å². The summed E-state index contributed by atoms with van der Waals surface area (Å²) >= 11 is -2.36. The number of amides is 1. The lowest BCUT2D eigenvalue weighted by atomic mass is 10.7. The number of methoxy groups -OCH3 is 1. The van der Waals surface area contributed by atoms with Gasteiger partial charge in [-0.3, -0.25) is 4.55 Å². The average Bonchev–Trinajstić information content (AvgIpc) is 2.01. The number of nitrogens with one attached hydrogen (secondary N) is 2. The summed E-state index contributed by atoms with van der Waals surface area (Å²) in [6, 6.07) is 0. The summed E-state index contributed by atoms with van der Waals surface area (Å²) in [5.41, 5.74) is 0. The van der Waals surface area contributed by atoms with E-state index in [2.05, 4.69) is 14.9 Å². The first-order valence-corrected chi connectivity index (χ1v) is 4.07. The fourth-order valence-corrected chi connectivity index (χ4v) is 0.512. The van der Waals surface area contributed by atoms with Gasteiger partial charge < -0.3 is 14.9 Å². The predicted molar refractivity (Wildman–Crippen MR) is 40.3 cm³/mol. The van der Waals surface area contributed by atoms with Gasteiger partial charge in [0.25, 0.3) is 11.3 Å². The van der Waals surface area contributed by atoms with Crippen molar-refractivity contribution in [2.45, 2.75) is 0 Å². The Kier molecular flexibility index (Phi) is 6.57. The van der Waals surface area contributed by atoms with Crippen LogP contribution in [0.3, 0.4) is 0 Å². The van der Waals surface area contributed by atoms with E-state index in [4.69, 9.17) is 4.55 Å². The molecule has 0 rings (SSSR count). The van der Waals surface area contributed by atoms with Crippen LogP contribution >= 0.6 is 0 Å². The molecule has 0 aromatic carbocycles. The molecule has 0 radical (unpaired) electrons. The van der Waals surface area contributed by atoms with Crippen molar-refractivity contribution in [2.75, 3.05) is 20.3 Å². The molecule has 0 saturated heterocycles. The van der Waals surface area contributed by atoms with E-state index in [9.17, 15) is 9.00 Å². The lowest BCUT2D eigenvalue weighted by Gasteiger charge is -2.03. The van der Waals surface area contributed by atoms with Crippen molar-refractivity contribution in [3.63, 3.8) is 0 Å². The Morgan fingerprint density at radius 2 is 2.33 bits per heavy atom. The van der Waals surface area contributed by atoms with Gasteiger partial charge in [0.2, 0.25) is 0 Å². The van der Waals surface area contributed by atoms with E-state index in [-0.39, 0.29) is 6.54 Å². The molecule has 0 spiro atoms. The van der Waals surface area contributed by atoms with Crippen LogP contribution in [0.1, 0.15) is 0 Å². The van der Waals surface area contributed by atoms with Gasteiger partial charge in [-0.15, -0.1) is 0 Å². The Morgan fingerprint density at radius 1 is 1.67 bits per heavy atom. The molecular formula is C4H10N2O5S. The maximum absolute atomic E-state index is 10.5. The van der Waals surface area contributed by atoms with Gasteiger partial charge >= 0.3 is 6.09 Å². The molecule has 0 bridgehead atoms. The third kappa shape index (κ3) is 7.41. The Bertz CT molecular complexity index is 164. The summed E-state index contributed by atoms with van der Waals surface area (Å²) in [5, 5.41) is 2.24. The summed E-state index contributed by atoms with van der Waals surface area (Å²) in [4.78, 5) is 16.1. The van der Waals surface area contributed by atoms with Crippen LogP contribution in [0.5, 0.6) is 0 Å². The zero-order chi connectivity index (χ0) is 9.40. The number of carbonyl (C=O) groups excluding carboxylic acids is 1. The Balaban J connectivity index is 3.28. The predicted octanol–water partition coefficient (Wildman–Crippen LogP) is -1.000. The van der Waals surface area contributed by atoms with E-state index in [1.807, 2.05) is 0 Å². The Hall–Kier alpha value is -0.700. The van der Waals surface area contributed by atoms with Crippen LogP contribution in [0.4, 0.5) is 4.79 Å². The second-order valence-electron chi connectivity index (χ2n) is 1.64. The zero-order valence-electron chi connectivity index (χ0n) is 6.40. The van der Waals surface area contributed by atoms with Gasteiger partial charge in [0.1, 0.15) is 0 Å². The maximum Gasteiger partial charge on any atom is 0.427 e. The van der Waals surface area contributed by atoms with Gasteiger partial charge in [0, 0.05) is 13.7 Å². The largest absolute Gasteiger partial charge is 0.427 e. The van der Waals surface area contributed by atoms with Gasteiger partial charge in [0.15, 0.2) is 0 Å². The van der Waals surface area contributed by atoms with E-state index < -0.39 is 17.4 Å². The molecule has 0 aromatic rings. The highest BCUT2D eigenvalue weighted by Gasteiger charge is 2.01. The number of rotatable bonds is 5. The van der Waals surface area contributed by atoms with Crippen molar-refractivity contribution < 1.29 is 23.1 Å². The number of carbonyl (C=O) groups is 1. The van der Waals surface area contributed by atoms with Gasteiger partial charge in [-0.05, 0) is 4.89 Å². The summed E-state index contributed by atoms with van der Waals surface area (Å²) in [6.45, 7) is 0.617. The van der Waals surface area contributed by atoms with Crippen molar-refractivity contribution in [3.05, 3.63) is 0 Å². The minimum absolute atomic E-state index is 0.273. The molecule has 1 amide bonds. The standard InChI is InChI=1S/C4H10N2O5S/c1-10-3-2-5-4(7)11-6-12(8)9/h6H,2-3H2,1H3,(H,5,7)(H,8,9). The normalized spacial score (nSPS) is 12.2. The molecule has 12 heavy (non-hydrogen) atoms. The molecule has 8 heteroatoms. The number of ether oxygens (including phenoxy) is 1. The molecule has 0 saturated carbocycles. The minimum Gasteiger partial charge on any atom is -0.383 e. The second-order valence-corrected chi connectivity index (χ2v) is 2.31. The van der Waals surface area contributed by atoms with Crippen molar-refractivity contribution in [1.29, 1.82) is 0 Å². The molecule has 0 aliphatic carbocycles. The van der Waals surface area contributed by atoms with Crippen LogP contribution in [0.2, 0.25) is 0 Å². The molecular weight excluding hydrogens is 188 g/mol. The summed E-state index contributed by atoms with van der Waals surface area (Å²) in [7, 11) is 1.48. The van der Waals surface area contributed by atoms with Crippen molar-refractivity contribution >= 4 is 17.4 Å². The first-order chi connectivity index (χ1) is 5.66. The first-order valence-electron chi connectivity index (χ1n) is 2.97. The van der Waals surface area contributed by atoms with E-state index in [1.54, 1.807) is 4.89 Å². The average molecular weight is 198 g/mol. The van der Waals surface area contributed by atoms with Crippen LogP contribution in [0.25, 0.3) is 0 Å². The monoisotopic (exact) mass is 198 g/mol. The first kappa shape index (κ1) is 11.3. The van der Waals surface area contributed by atoms with Crippen molar-refractivity contribution in [1.82, 2.24) is 10.2 Å². The number of hydrogen-bond donors (Lipinski definition) is 3. The van der Waals surface area contributed by atoms with Gasteiger partial charge in [-0.2, -0.15) is 0 Å². The summed E-state index contributed by atoms with van der Waals surface area (Å²) < 4.78 is 22.6. The topological polar surface area (TPSA) is 96.9 Å². The van der Waals surface area contributed by atoms with Crippen molar-refractivity contribution in [3.8, 4) is 0 Å². The molecule has 1 atom stereocenters. The van der Waals surface area contributed by atoms with E-state index in [0.29, 0.717) is 6.61 Å². The van der Waals surface area contributed by atoms with Crippen LogP contribution < -0.4 is 10.2 Å². The van der Waals surface area contributed by atoms with Crippen LogP contribution in [-0.2, 0) is 20.8 Å². The third-order valence-corrected chi connectivity index (χ3v) is 1.01.